The second-order valence-electron chi connectivity index (χ2n) is 5.66. The van der Waals surface area contributed by atoms with Crippen LogP contribution in [0.25, 0.3) is 0 Å². The second-order valence-corrected chi connectivity index (χ2v) is 5.66. The average Bonchev–Trinajstić information content (AvgIpc) is 2.91. The molecule has 1 aromatic carbocycles. The molecule has 116 valence electrons. The van der Waals surface area contributed by atoms with Gasteiger partial charge in [0.2, 0.25) is 0 Å². The SMILES string of the molecule is COB1OC[C@@H](OC)[C@@H]1C[C@H](C)[C@@H](OC)c1ccccc1. The fourth-order valence-electron chi connectivity index (χ4n) is 3.25. The first kappa shape index (κ1) is 16.5. The van der Waals surface area contributed by atoms with Crippen LogP contribution in [0, 0.1) is 5.92 Å². The Morgan fingerprint density at radius 1 is 1.24 bits per heavy atom. The Morgan fingerprint density at radius 2 is 1.95 bits per heavy atom. The molecule has 5 heteroatoms. The Bertz CT molecular complexity index is 402. The molecule has 0 spiro atoms. The van der Waals surface area contributed by atoms with Gasteiger partial charge in [0.1, 0.15) is 0 Å². The van der Waals surface area contributed by atoms with E-state index in [1.807, 2.05) is 18.2 Å². The Hall–Kier alpha value is -0.875. The molecule has 1 aliphatic rings. The van der Waals surface area contributed by atoms with Crippen LogP contribution in [0.2, 0.25) is 5.82 Å². The van der Waals surface area contributed by atoms with Gasteiger partial charge in [0.25, 0.3) is 0 Å². The molecule has 0 bridgehead atoms. The van der Waals surface area contributed by atoms with E-state index in [4.69, 9.17) is 18.8 Å². The van der Waals surface area contributed by atoms with Crippen LogP contribution in [0.3, 0.4) is 0 Å². The average molecular weight is 292 g/mol. The summed E-state index contributed by atoms with van der Waals surface area (Å²) in [6, 6.07) is 10.3. The van der Waals surface area contributed by atoms with Crippen molar-refractivity contribution in [1.82, 2.24) is 0 Å². The van der Waals surface area contributed by atoms with Crippen molar-refractivity contribution in [2.75, 3.05) is 27.9 Å². The maximum Gasteiger partial charge on any atom is 0.462 e. The van der Waals surface area contributed by atoms with Crippen LogP contribution in [0.5, 0.6) is 0 Å². The van der Waals surface area contributed by atoms with Crippen LogP contribution in [0.1, 0.15) is 25.0 Å². The Morgan fingerprint density at radius 3 is 2.52 bits per heavy atom. The van der Waals surface area contributed by atoms with Crippen molar-refractivity contribution in [2.24, 2.45) is 5.92 Å². The summed E-state index contributed by atoms with van der Waals surface area (Å²) in [6.45, 7) is 2.80. The largest absolute Gasteiger partial charge is 0.462 e. The molecule has 4 atom stereocenters. The lowest BCUT2D eigenvalue weighted by atomic mass is 9.66. The van der Waals surface area contributed by atoms with Gasteiger partial charge in [-0.05, 0) is 17.9 Å². The van der Waals surface area contributed by atoms with Gasteiger partial charge in [-0.25, -0.2) is 0 Å². The molecule has 0 saturated carbocycles. The molecule has 0 aliphatic carbocycles. The zero-order valence-electron chi connectivity index (χ0n) is 13.3. The van der Waals surface area contributed by atoms with Gasteiger partial charge in [-0.3, -0.25) is 0 Å². The van der Waals surface area contributed by atoms with E-state index in [1.54, 1.807) is 21.3 Å². The summed E-state index contributed by atoms with van der Waals surface area (Å²) in [4.78, 5) is 0. The number of rotatable bonds is 7. The van der Waals surface area contributed by atoms with Gasteiger partial charge >= 0.3 is 7.12 Å². The Labute approximate surface area is 127 Å². The summed E-state index contributed by atoms with van der Waals surface area (Å²) >= 11 is 0. The van der Waals surface area contributed by atoms with Gasteiger partial charge in [0, 0.05) is 27.1 Å². The van der Waals surface area contributed by atoms with Crippen molar-refractivity contribution in [3.8, 4) is 0 Å². The molecule has 0 N–H and O–H groups in total. The molecule has 2 rings (SSSR count). The first-order valence-corrected chi connectivity index (χ1v) is 7.46. The van der Waals surface area contributed by atoms with Crippen molar-refractivity contribution < 1.29 is 18.8 Å². The molecule has 1 heterocycles. The van der Waals surface area contributed by atoms with Gasteiger partial charge in [0.05, 0.1) is 18.8 Å². The van der Waals surface area contributed by atoms with Gasteiger partial charge < -0.3 is 18.8 Å². The lowest BCUT2D eigenvalue weighted by molar-refractivity contribution is 0.0389. The minimum atomic E-state index is -0.189. The van der Waals surface area contributed by atoms with Crippen molar-refractivity contribution in [1.29, 1.82) is 0 Å². The predicted molar refractivity (Wildman–Crippen MR) is 83.2 cm³/mol. The molecule has 4 nitrogen and oxygen atoms in total. The normalized spacial score (nSPS) is 25.0. The van der Waals surface area contributed by atoms with Crippen LogP contribution >= 0.6 is 0 Å². The zero-order chi connectivity index (χ0) is 15.2. The van der Waals surface area contributed by atoms with Crippen molar-refractivity contribution in [2.45, 2.75) is 31.4 Å². The monoisotopic (exact) mass is 292 g/mol. The van der Waals surface area contributed by atoms with E-state index in [-0.39, 0.29) is 25.1 Å². The van der Waals surface area contributed by atoms with E-state index in [1.165, 1.54) is 5.56 Å². The third-order valence-corrected chi connectivity index (χ3v) is 4.33. The van der Waals surface area contributed by atoms with Gasteiger partial charge in [0.15, 0.2) is 0 Å². The van der Waals surface area contributed by atoms with E-state index in [9.17, 15) is 0 Å². The number of hydrogen-bond donors (Lipinski definition) is 0. The summed E-state index contributed by atoms with van der Waals surface area (Å²) in [6.07, 6.45) is 1.09. The maximum atomic E-state index is 5.72. The molecule has 0 unspecified atom stereocenters. The first-order chi connectivity index (χ1) is 10.2. The quantitative estimate of drug-likeness (QED) is 0.724. The molecular formula is C16H25BO4. The van der Waals surface area contributed by atoms with Crippen molar-refractivity contribution in [3.63, 3.8) is 0 Å². The molecule has 1 aliphatic heterocycles. The molecule has 1 aromatic rings. The van der Waals surface area contributed by atoms with E-state index in [0.717, 1.165) is 6.42 Å². The highest BCUT2D eigenvalue weighted by Gasteiger charge is 2.44. The highest BCUT2D eigenvalue weighted by atomic mass is 16.6. The number of benzene rings is 1. The van der Waals surface area contributed by atoms with Crippen molar-refractivity contribution in [3.05, 3.63) is 35.9 Å². The van der Waals surface area contributed by atoms with Crippen LogP contribution in [-0.4, -0.2) is 41.2 Å². The molecule has 1 fully saturated rings. The van der Waals surface area contributed by atoms with Gasteiger partial charge in [-0.1, -0.05) is 37.3 Å². The zero-order valence-corrected chi connectivity index (χ0v) is 13.3. The highest BCUT2D eigenvalue weighted by molar-refractivity contribution is 6.47. The van der Waals surface area contributed by atoms with Crippen molar-refractivity contribution >= 4 is 7.12 Å². The highest BCUT2D eigenvalue weighted by Crippen LogP contribution is 2.38. The van der Waals surface area contributed by atoms with Crippen LogP contribution in [0.15, 0.2) is 30.3 Å². The van der Waals surface area contributed by atoms with E-state index in [0.29, 0.717) is 12.5 Å². The predicted octanol–water partition coefficient (Wildman–Crippen LogP) is 2.95. The maximum absolute atomic E-state index is 5.72. The third-order valence-electron chi connectivity index (χ3n) is 4.33. The molecule has 21 heavy (non-hydrogen) atoms. The van der Waals surface area contributed by atoms with Crippen LogP contribution < -0.4 is 0 Å². The Balaban J connectivity index is 2.06. The summed E-state index contributed by atoms with van der Waals surface area (Å²) in [5.74, 6) is 0.579. The first-order valence-electron chi connectivity index (χ1n) is 7.46. The van der Waals surface area contributed by atoms with Crippen LogP contribution in [0.4, 0.5) is 0 Å². The Kier molecular flexibility index (Phi) is 6.24. The van der Waals surface area contributed by atoms with E-state index < -0.39 is 0 Å². The topological polar surface area (TPSA) is 36.9 Å². The minimum Gasteiger partial charge on any atom is -0.414 e. The van der Waals surface area contributed by atoms with E-state index >= 15 is 0 Å². The lowest BCUT2D eigenvalue weighted by Crippen LogP contribution is -2.28. The molecule has 1 saturated heterocycles. The van der Waals surface area contributed by atoms with Gasteiger partial charge in [-0.15, -0.1) is 0 Å². The van der Waals surface area contributed by atoms with Gasteiger partial charge in [-0.2, -0.15) is 0 Å². The number of ether oxygens (including phenoxy) is 2. The minimum absolute atomic E-state index is 0.0711. The summed E-state index contributed by atoms with van der Waals surface area (Å²) in [5.41, 5.74) is 1.20. The lowest BCUT2D eigenvalue weighted by Gasteiger charge is -2.27. The number of hydrogen-bond acceptors (Lipinski definition) is 4. The molecule has 0 aromatic heterocycles. The standard InChI is InChI=1S/C16H25BO4/c1-12(16(19-3)13-8-6-5-7-9-13)10-14-15(18-2)11-21-17(14)20-4/h5-9,12,14-16H,10-11H2,1-4H3/t12-,14-,15+,16+/m0/s1. The second kappa shape index (κ2) is 7.94. The van der Waals surface area contributed by atoms with E-state index in [2.05, 4.69) is 19.1 Å². The number of methoxy groups -OCH3 is 2. The summed E-state index contributed by atoms with van der Waals surface area (Å²) in [7, 11) is 4.99. The summed E-state index contributed by atoms with van der Waals surface area (Å²) < 4.78 is 22.3. The molecule has 0 radical (unpaired) electrons. The summed E-state index contributed by atoms with van der Waals surface area (Å²) in [5, 5.41) is 0. The smallest absolute Gasteiger partial charge is 0.414 e. The fourth-order valence-corrected chi connectivity index (χ4v) is 3.25. The molecular weight excluding hydrogens is 267 g/mol. The third kappa shape index (κ3) is 3.86. The fraction of sp³-hybridized carbons (Fsp3) is 0.625. The van der Waals surface area contributed by atoms with Crippen LogP contribution in [-0.2, 0) is 18.8 Å². The molecule has 0 amide bonds.